The van der Waals surface area contributed by atoms with Crippen LogP contribution >= 0.6 is 0 Å². The number of amides is 4. The summed E-state index contributed by atoms with van der Waals surface area (Å²) in [6.45, 7) is 6.18. The first-order valence-electron chi connectivity index (χ1n) is 13.4. The molecule has 41 heavy (non-hydrogen) atoms. The molecule has 0 bridgehead atoms. The van der Waals surface area contributed by atoms with Gasteiger partial charge in [-0.05, 0) is 68.1 Å². The van der Waals surface area contributed by atoms with Gasteiger partial charge in [0, 0.05) is 18.7 Å². The normalized spacial score (nSPS) is 12.7. The fourth-order valence-electron chi connectivity index (χ4n) is 4.49. The van der Waals surface area contributed by atoms with E-state index < -0.39 is 48.1 Å². The van der Waals surface area contributed by atoms with Crippen molar-refractivity contribution < 1.29 is 29.0 Å². The molecular formula is C31H38N4O6. The second-order valence-corrected chi connectivity index (χ2v) is 10.8. The van der Waals surface area contributed by atoms with Crippen LogP contribution in [0.1, 0.15) is 50.8 Å². The average Bonchev–Trinajstić information content (AvgIpc) is 2.90. The number of nitrogens with one attached hydrogen (secondary N) is 2. The number of aliphatic hydroxyl groups is 1. The number of alkyl carbamates (subject to hydrolysis) is 1. The van der Waals surface area contributed by atoms with Crippen LogP contribution in [0.25, 0.3) is 10.8 Å². The zero-order valence-corrected chi connectivity index (χ0v) is 23.8. The van der Waals surface area contributed by atoms with Crippen molar-refractivity contribution in [1.82, 2.24) is 10.2 Å². The number of fused-ring (bicyclic) bond motifs is 1. The summed E-state index contributed by atoms with van der Waals surface area (Å²) in [5.74, 6) is -1.85. The summed E-state index contributed by atoms with van der Waals surface area (Å²) in [7, 11) is 0. The molecule has 3 aromatic carbocycles. The number of aliphatic hydroxyl groups excluding tert-OH is 1. The molecule has 10 nitrogen and oxygen atoms in total. The van der Waals surface area contributed by atoms with Gasteiger partial charge in [0.25, 0.3) is 5.91 Å². The largest absolute Gasteiger partial charge is 0.444 e. The van der Waals surface area contributed by atoms with Gasteiger partial charge in [-0.15, -0.1) is 0 Å². The fourth-order valence-corrected chi connectivity index (χ4v) is 4.49. The van der Waals surface area contributed by atoms with Crippen molar-refractivity contribution in [3.63, 3.8) is 0 Å². The lowest BCUT2D eigenvalue weighted by Gasteiger charge is -2.34. The molecule has 0 spiro atoms. The molecule has 0 fully saturated rings. The van der Waals surface area contributed by atoms with Gasteiger partial charge < -0.3 is 31.1 Å². The number of anilines is 1. The Morgan fingerprint density at radius 1 is 0.976 bits per heavy atom. The monoisotopic (exact) mass is 562 g/mol. The van der Waals surface area contributed by atoms with Gasteiger partial charge in [0.2, 0.25) is 11.8 Å². The Hall–Kier alpha value is -4.44. The standard InChI is InChI=1S/C31H38N4O6/c1-20-9-5-8-12-24(20)27(28(38)33-23-14-13-21-10-6-7-11-22(21)19-23)35(17-18-36)29(39)25(15-16-26(32)37)34-30(40)41-31(2,3)4/h5-14,19,25,27,36H,15-18H2,1-4H3,(H2,32,37)(H,33,38)(H,34,40). The number of ether oxygens (including phenoxy) is 1. The van der Waals surface area contributed by atoms with E-state index in [9.17, 15) is 24.3 Å². The highest BCUT2D eigenvalue weighted by molar-refractivity contribution is 6.00. The maximum atomic E-state index is 14.0. The number of nitrogens with two attached hydrogens (primary N) is 1. The molecule has 4 amide bonds. The van der Waals surface area contributed by atoms with Gasteiger partial charge in [-0.3, -0.25) is 14.4 Å². The molecule has 5 N–H and O–H groups in total. The number of nitrogens with zero attached hydrogens (tertiary/aromatic N) is 1. The number of hydrogen-bond acceptors (Lipinski definition) is 6. The van der Waals surface area contributed by atoms with Crippen LogP contribution in [0.2, 0.25) is 0 Å². The molecule has 0 aliphatic rings. The quantitative estimate of drug-likeness (QED) is 0.279. The highest BCUT2D eigenvalue weighted by Crippen LogP contribution is 2.28. The zero-order chi connectivity index (χ0) is 30.2. The van der Waals surface area contributed by atoms with E-state index in [0.29, 0.717) is 11.3 Å². The topological polar surface area (TPSA) is 151 Å². The molecule has 0 radical (unpaired) electrons. The van der Waals surface area contributed by atoms with Gasteiger partial charge >= 0.3 is 6.09 Å². The number of carbonyl (C=O) groups is 4. The van der Waals surface area contributed by atoms with E-state index in [1.54, 1.807) is 39.0 Å². The minimum absolute atomic E-state index is 0.123. The molecule has 0 aliphatic carbocycles. The van der Waals surface area contributed by atoms with E-state index in [1.807, 2.05) is 55.5 Å². The molecule has 0 saturated heterocycles. The minimum Gasteiger partial charge on any atom is -0.444 e. The predicted octanol–water partition coefficient (Wildman–Crippen LogP) is 3.81. The fraction of sp³-hybridized carbons (Fsp3) is 0.355. The third-order valence-electron chi connectivity index (χ3n) is 6.35. The van der Waals surface area contributed by atoms with Crippen LogP contribution < -0.4 is 16.4 Å². The van der Waals surface area contributed by atoms with Gasteiger partial charge in [-0.1, -0.05) is 54.6 Å². The van der Waals surface area contributed by atoms with E-state index >= 15 is 0 Å². The van der Waals surface area contributed by atoms with Crippen LogP contribution in [0.15, 0.2) is 66.7 Å². The van der Waals surface area contributed by atoms with Crippen LogP contribution in [0.3, 0.4) is 0 Å². The van der Waals surface area contributed by atoms with Gasteiger partial charge in [-0.2, -0.15) is 0 Å². The summed E-state index contributed by atoms with van der Waals surface area (Å²) in [6, 6.07) is 17.9. The minimum atomic E-state index is -1.25. The highest BCUT2D eigenvalue weighted by Gasteiger charge is 2.37. The third kappa shape index (κ3) is 8.77. The lowest BCUT2D eigenvalue weighted by atomic mass is 9.97. The molecule has 2 unspecified atom stereocenters. The first kappa shape index (κ1) is 31.1. The van der Waals surface area contributed by atoms with Crippen molar-refractivity contribution in [2.45, 2.75) is 58.2 Å². The highest BCUT2D eigenvalue weighted by atomic mass is 16.6. The molecule has 218 valence electrons. The lowest BCUT2D eigenvalue weighted by molar-refractivity contribution is -0.141. The molecule has 10 heteroatoms. The maximum Gasteiger partial charge on any atom is 0.408 e. The van der Waals surface area contributed by atoms with Crippen molar-refractivity contribution in [2.75, 3.05) is 18.5 Å². The zero-order valence-electron chi connectivity index (χ0n) is 23.8. The Labute approximate surface area is 239 Å². The van der Waals surface area contributed by atoms with Crippen molar-refractivity contribution in [2.24, 2.45) is 5.73 Å². The summed E-state index contributed by atoms with van der Waals surface area (Å²) >= 11 is 0. The van der Waals surface area contributed by atoms with Gasteiger partial charge in [0.05, 0.1) is 6.61 Å². The summed E-state index contributed by atoms with van der Waals surface area (Å²) in [6.07, 6.45) is -1.18. The first-order valence-corrected chi connectivity index (χ1v) is 13.4. The lowest BCUT2D eigenvalue weighted by Crippen LogP contribution is -2.53. The number of benzene rings is 3. The summed E-state index contributed by atoms with van der Waals surface area (Å²) in [5.41, 5.74) is 6.32. The Kier molecular flexibility index (Phi) is 10.4. The number of primary amides is 1. The van der Waals surface area contributed by atoms with Crippen LogP contribution in [0.4, 0.5) is 10.5 Å². The molecule has 0 aromatic heterocycles. The molecule has 0 heterocycles. The SMILES string of the molecule is Cc1ccccc1C(C(=O)Nc1ccc2ccccc2c1)N(CCO)C(=O)C(CCC(N)=O)NC(=O)OC(C)(C)C. The average molecular weight is 563 g/mol. The second kappa shape index (κ2) is 13.8. The molecule has 0 aliphatic heterocycles. The smallest absolute Gasteiger partial charge is 0.408 e. The van der Waals surface area contributed by atoms with Crippen molar-refractivity contribution in [3.05, 3.63) is 77.9 Å². The predicted molar refractivity (Wildman–Crippen MR) is 157 cm³/mol. The first-order chi connectivity index (χ1) is 19.4. The molecule has 3 rings (SSSR count). The Balaban J connectivity index is 2.01. The van der Waals surface area contributed by atoms with Crippen molar-refractivity contribution in [1.29, 1.82) is 0 Å². The van der Waals surface area contributed by atoms with E-state index in [2.05, 4.69) is 10.6 Å². The number of hydrogen-bond donors (Lipinski definition) is 4. The summed E-state index contributed by atoms with van der Waals surface area (Å²) in [5, 5.41) is 17.3. The molecule has 2 atom stereocenters. The summed E-state index contributed by atoms with van der Waals surface area (Å²) in [4.78, 5) is 53.4. The van der Waals surface area contributed by atoms with E-state index in [1.165, 1.54) is 4.90 Å². The van der Waals surface area contributed by atoms with Gasteiger partial charge in [-0.25, -0.2) is 4.79 Å². The molecular weight excluding hydrogens is 524 g/mol. The van der Waals surface area contributed by atoms with Crippen LogP contribution in [-0.2, 0) is 19.1 Å². The Morgan fingerprint density at radius 2 is 1.63 bits per heavy atom. The summed E-state index contributed by atoms with van der Waals surface area (Å²) < 4.78 is 5.33. The van der Waals surface area contributed by atoms with Gasteiger partial charge in [0.15, 0.2) is 0 Å². The van der Waals surface area contributed by atoms with Crippen molar-refractivity contribution in [3.8, 4) is 0 Å². The second-order valence-electron chi connectivity index (χ2n) is 10.8. The van der Waals surface area contributed by atoms with E-state index in [0.717, 1.165) is 16.3 Å². The maximum absolute atomic E-state index is 14.0. The Morgan fingerprint density at radius 3 is 2.27 bits per heavy atom. The van der Waals surface area contributed by atoms with Crippen LogP contribution in [-0.4, -0.2) is 58.6 Å². The van der Waals surface area contributed by atoms with Gasteiger partial charge in [0.1, 0.15) is 17.7 Å². The van der Waals surface area contributed by atoms with Crippen LogP contribution in [0.5, 0.6) is 0 Å². The van der Waals surface area contributed by atoms with Crippen molar-refractivity contribution >= 4 is 40.3 Å². The number of rotatable bonds is 11. The number of aryl methyl sites for hydroxylation is 1. The number of carbonyl (C=O) groups excluding carboxylic acids is 4. The third-order valence-corrected chi connectivity index (χ3v) is 6.35. The van der Waals surface area contributed by atoms with E-state index in [4.69, 9.17) is 10.5 Å². The molecule has 3 aromatic rings. The Bertz CT molecular complexity index is 1400. The van der Waals surface area contributed by atoms with Crippen LogP contribution in [0, 0.1) is 6.92 Å². The van der Waals surface area contributed by atoms with E-state index in [-0.39, 0.29) is 19.4 Å². The molecule has 0 saturated carbocycles.